The first-order chi connectivity index (χ1) is 6.29. The van der Waals surface area contributed by atoms with E-state index in [0.29, 0.717) is 6.42 Å². The van der Waals surface area contributed by atoms with Crippen LogP contribution in [0.1, 0.15) is 13.3 Å². The first-order valence-electron chi connectivity index (χ1n) is 4.14. The molecule has 68 valence electrons. The highest BCUT2D eigenvalue weighted by Gasteiger charge is 2.14. The van der Waals surface area contributed by atoms with Gasteiger partial charge in [-0.3, -0.25) is 4.21 Å². The van der Waals surface area contributed by atoms with E-state index in [0.717, 1.165) is 4.90 Å². The van der Waals surface area contributed by atoms with Crippen molar-refractivity contribution in [2.24, 2.45) is 0 Å². The Labute approximate surface area is 80.7 Å². The molecule has 0 fully saturated rings. The molecule has 0 heterocycles. The van der Waals surface area contributed by atoms with Crippen LogP contribution in [0.15, 0.2) is 35.2 Å². The summed E-state index contributed by atoms with van der Waals surface area (Å²) < 4.78 is 11.7. The quantitative estimate of drug-likeness (QED) is 0.737. The largest absolute Gasteiger partial charge is 0.253 e. The molecule has 13 heavy (non-hydrogen) atoms. The van der Waals surface area contributed by atoms with Gasteiger partial charge in [0.05, 0.1) is 16.9 Å². The maximum Gasteiger partial charge on any atom is 0.126 e. The first kappa shape index (κ1) is 9.94. The van der Waals surface area contributed by atoms with Crippen LogP contribution in [0.2, 0.25) is 0 Å². The van der Waals surface area contributed by atoms with Gasteiger partial charge in [-0.05, 0) is 18.6 Å². The smallest absolute Gasteiger partial charge is 0.126 e. The fourth-order valence-corrected chi connectivity index (χ4v) is 2.16. The Bertz CT molecular complexity index is 329. The maximum atomic E-state index is 11.7. The van der Waals surface area contributed by atoms with E-state index in [-0.39, 0.29) is 5.25 Å². The van der Waals surface area contributed by atoms with Crippen LogP contribution in [-0.2, 0) is 10.8 Å². The van der Waals surface area contributed by atoms with Crippen LogP contribution in [0.4, 0.5) is 0 Å². The van der Waals surface area contributed by atoms with Crippen LogP contribution in [0.25, 0.3) is 0 Å². The lowest BCUT2D eigenvalue weighted by Gasteiger charge is -2.05. The van der Waals surface area contributed by atoms with Gasteiger partial charge in [-0.2, -0.15) is 5.26 Å². The number of nitriles is 1. The van der Waals surface area contributed by atoms with Crippen LogP contribution in [0.5, 0.6) is 0 Å². The van der Waals surface area contributed by atoms with E-state index in [2.05, 4.69) is 0 Å². The number of hydrogen-bond acceptors (Lipinski definition) is 2. The van der Waals surface area contributed by atoms with E-state index in [9.17, 15) is 4.21 Å². The lowest BCUT2D eigenvalue weighted by atomic mass is 10.4. The highest BCUT2D eigenvalue weighted by molar-refractivity contribution is 7.86. The number of benzene rings is 1. The van der Waals surface area contributed by atoms with Gasteiger partial charge < -0.3 is 0 Å². The third-order valence-electron chi connectivity index (χ3n) is 1.75. The molecule has 0 aromatic heterocycles. The van der Waals surface area contributed by atoms with Gasteiger partial charge >= 0.3 is 0 Å². The van der Waals surface area contributed by atoms with Crippen molar-refractivity contribution >= 4 is 10.8 Å². The molecule has 0 saturated carbocycles. The van der Waals surface area contributed by atoms with Crippen LogP contribution in [-0.4, -0.2) is 9.46 Å². The van der Waals surface area contributed by atoms with Crippen molar-refractivity contribution in [2.75, 3.05) is 0 Å². The van der Waals surface area contributed by atoms with Gasteiger partial charge in [0.15, 0.2) is 0 Å². The number of nitrogens with zero attached hydrogens (tertiary/aromatic N) is 1. The molecule has 3 heteroatoms. The van der Waals surface area contributed by atoms with Crippen LogP contribution >= 0.6 is 0 Å². The summed E-state index contributed by atoms with van der Waals surface area (Å²) in [5, 5.41) is 8.33. The van der Waals surface area contributed by atoms with Crippen LogP contribution < -0.4 is 0 Å². The van der Waals surface area contributed by atoms with Crippen molar-refractivity contribution in [3.63, 3.8) is 0 Å². The second-order valence-corrected chi connectivity index (χ2v) is 4.27. The molecular weight excluding hydrogens is 182 g/mol. The second kappa shape index (κ2) is 4.78. The lowest BCUT2D eigenvalue weighted by molar-refractivity contribution is 0.676. The molecule has 0 aliphatic rings. The average molecular weight is 193 g/mol. The minimum Gasteiger partial charge on any atom is -0.253 e. The first-order valence-corrected chi connectivity index (χ1v) is 5.36. The van der Waals surface area contributed by atoms with Crippen molar-refractivity contribution in [2.45, 2.75) is 23.5 Å². The van der Waals surface area contributed by atoms with E-state index in [1.54, 1.807) is 12.1 Å². The van der Waals surface area contributed by atoms with Crippen molar-refractivity contribution in [1.82, 2.24) is 0 Å². The van der Waals surface area contributed by atoms with Gasteiger partial charge in [-0.25, -0.2) is 0 Å². The molecule has 0 aliphatic heterocycles. The summed E-state index contributed by atoms with van der Waals surface area (Å²) in [5.41, 5.74) is 0. The van der Waals surface area contributed by atoms with Gasteiger partial charge in [0.1, 0.15) is 5.25 Å². The Kier molecular flexibility index (Phi) is 3.66. The predicted molar refractivity (Wildman–Crippen MR) is 52.5 cm³/mol. The summed E-state index contributed by atoms with van der Waals surface area (Å²) >= 11 is 0. The second-order valence-electron chi connectivity index (χ2n) is 2.64. The zero-order valence-corrected chi connectivity index (χ0v) is 8.25. The van der Waals surface area contributed by atoms with E-state index < -0.39 is 10.8 Å². The minimum absolute atomic E-state index is 0.387. The standard InChI is InChI=1S/C10H11NOS/c1-2-9(8-11)13(12)10-6-4-3-5-7-10/h3-7,9H,2H2,1H3. The van der Waals surface area contributed by atoms with E-state index in [1.165, 1.54) is 0 Å². The van der Waals surface area contributed by atoms with Crippen molar-refractivity contribution in [1.29, 1.82) is 5.26 Å². The van der Waals surface area contributed by atoms with E-state index in [1.807, 2.05) is 31.2 Å². The fraction of sp³-hybridized carbons (Fsp3) is 0.300. The summed E-state index contributed by atoms with van der Waals surface area (Å²) in [6, 6.07) is 11.2. The molecule has 0 bridgehead atoms. The number of rotatable bonds is 3. The Morgan fingerprint density at radius 1 is 1.46 bits per heavy atom. The molecule has 1 aromatic carbocycles. The molecule has 0 amide bonds. The van der Waals surface area contributed by atoms with Gasteiger partial charge in [-0.1, -0.05) is 25.1 Å². The molecule has 2 unspecified atom stereocenters. The summed E-state index contributed by atoms with van der Waals surface area (Å²) in [7, 11) is -1.18. The Balaban J connectivity index is 2.86. The average Bonchev–Trinajstić information content (AvgIpc) is 2.21. The summed E-state index contributed by atoms with van der Waals surface area (Å²) in [5.74, 6) is 0. The Morgan fingerprint density at radius 2 is 2.08 bits per heavy atom. The van der Waals surface area contributed by atoms with Crippen molar-refractivity contribution < 1.29 is 4.21 Å². The van der Waals surface area contributed by atoms with Crippen LogP contribution in [0.3, 0.4) is 0 Å². The SMILES string of the molecule is CCC(C#N)S(=O)c1ccccc1. The topological polar surface area (TPSA) is 40.9 Å². The fourth-order valence-electron chi connectivity index (χ4n) is 1.01. The molecule has 1 aromatic rings. The zero-order chi connectivity index (χ0) is 9.68. The van der Waals surface area contributed by atoms with E-state index in [4.69, 9.17) is 5.26 Å². The monoisotopic (exact) mass is 193 g/mol. The molecule has 0 N–H and O–H groups in total. The molecule has 0 aliphatic carbocycles. The summed E-state index contributed by atoms with van der Waals surface area (Å²) in [4.78, 5) is 0.732. The highest BCUT2D eigenvalue weighted by atomic mass is 32.2. The Morgan fingerprint density at radius 3 is 2.54 bits per heavy atom. The zero-order valence-electron chi connectivity index (χ0n) is 7.43. The van der Waals surface area contributed by atoms with Gasteiger partial charge in [-0.15, -0.1) is 0 Å². The third kappa shape index (κ3) is 2.40. The predicted octanol–water partition coefficient (Wildman–Crippen LogP) is 2.10. The lowest BCUT2D eigenvalue weighted by Crippen LogP contribution is -2.11. The molecule has 0 saturated heterocycles. The third-order valence-corrected chi connectivity index (χ3v) is 3.44. The summed E-state index contributed by atoms with van der Waals surface area (Å²) in [6.07, 6.45) is 0.623. The molecule has 0 radical (unpaired) electrons. The molecular formula is C10H11NOS. The van der Waals surface area contributed by atoms with E-state index >= 15 is 0 Å². The van der Waals surface area contributed by atoms with Gasteiger partial charge in [0.2, 0.25) is 0 Å². The Hall–Kier alpha value is -1.14. The van der Waals surface area contributed by atoms with Crippen molar-refractivity contribution in [3.05, 3.63) is 30.3 Å². The van der Waals surface area contributed by atoms with Crippen LogP contribution in [0, 0.1) is 11.3 Å². The highest BCUT2D eigenvalue weighted by Crippen LogP contribution is 2.12. The van der Waals surface area contributed by atoms with Gasteiger partial charge in [0.25, 0.3) is 0 Å². The normalized spacial score (nSPS) is 14.5. The summed E-state index contributed by atoms with van der Waals surface area (Å²) in [6.45, 7) is 1.87. The van der Waals surface area contributed by atoms with Gasteiger partial charge in [0, 0.05) is 4.90 Å². The van der Waals surface area contributed by atoms with Crippen molar-refractivity contribution in [3.8, 4) is 6.07 Å². The maximum absolute atomic E-state index is 11.7. The molecule has 1 rings (SSSR count). The molecule has 0 spiro atoms. The number of hydrogen-bond donors (Lipinski definition) is 0. The molecule has 2 atom stereocenters. The minimum atomic E-state index is -1.18. The molecule has 2 nitrogen and oxygen atoms in total.